The van der Waals surface area contributed by atoms with Crippen molar-refractivity contribution < 1.29 is 21.6 Å². The van der Waals surface area contributed by atoms with E-state index in [4.69, 9.17) is 0 Å². The standard InChI is InChI=1S/C15H19N3O5S2/c1-24(20,21)17-13-3-2-4-14-12(13)5-7-18(14)9-15(19)16-11-6-8-25(22,23)10-11/h2-5,7,11,17H,6,8-10H2,1H3,(H,16,19)/t11-/m0/s1. The quantitative estimate of drug-likeness (QED) is 0.769. The smallest absolute Gasteiger partial charge is 0.240 e. The fourth-order valence-corrected chi connectivity index (χ4v) is 5.24. The molecular formula is C15H19N3O5S2. The number of nitrogens with zero attached hydrogens (tertiary/aromatic N) is 1. The molecule has 136 valence electrons. The number of hydrogen-bond donors (Lipinski definition) is 2. The van der Waals surface area contributed by atoms with Gasteiger partial charge in [-0.2, -0.15) is 0 Å². The molecule has 0 saturated carbocycles. The summed E-state index contributed by atoms with van der Waals surface area (Å²) in [6.45, 7) is 0.0301. The van der Waals surface area contributed by atoms with Crippen LogP contribution in [0.1, 0.15) is 6.42 Å². The van der Waals surface area contributed by atoms with Gasteiger partial charge in [-0.3, -0.25) is 9.52 Å². The molecule has 1 aliphatic heterocycles. The van der Waals surface area contributed by atoms with Gasteiger partial charge < -0.3 is 9.88 Å². The second-order valence-corrected chi connectivity index (χ2v) is 10.2. The maximum atomic E-state index is 12.2. The Labute approximate surface area is 146 Å². The highest BCUT2D eigenvalue weighted by molar-refractivity contribution is 7.92. The number of nitrogens with one attached hydrogen (secondary N) is 2. The molecule has 1 atom stereocenters. The number of benzene rings is 1. The van der Waals surface area contributed by atoms with E-state index in [0.717, 1.165) is 6.26 Å². The van der Waals surface area contributed by atoms with Gasteiger partial charge in [-0.1, -0.05) is 6.07 Å². The first kappa shape index (κ1) is 17.7. The Morgan fingerprint density at radius 2 is 2.08 bits per heavy atom. The summed E-state index contributed by atoms with van der Waals surface area (Å²) in [5, 5.41) is 3.42. The van der Waals surface area contributed by atoms with Gasteiger partial charge in [0.05, 0.1) is 29.0 Å². The van der Waals surface area contributed by atoms with Crippen LogP contribution >= 0.6 is 0 Å². The molecule has 1 saturated heterocycles. The van der Waals surface area contributed by atoms with Crippen molar-refractivity contribution in [1.82, 2.24) is 9.88 Å². The Hall–Kier alpha value is -2.07. The maximum absolute atomic E-state index is 12.2. The first-order chi connectivity index (χ1) is 11.6. The van der Waals surface area contributed by atoms with Crippen molar-refractivity contribution in [3.05, 3.63) is 30.5 Å². The van der Waals surface area contributed by atoms with E-state index in [1.165, 1.54) is 0 Å². The third-order valence-corrected chi connectivity index (χ3v) is 6.38. The Kier molecular flexibility index (Phi) is 4.50. The van der Waals surface area contributed by atoms with Crippen molar-refractivity contribution in [2.24, 2.45) is 0 Å². The molecule has 3 rings (SSSR count). The van der Waals surface area contributed by atoms with E-state index >= 15 is 0 Å². The highest BCUT2D eigenvalue weighted by Crippen LogP contribution is 2.25. The molecule has 25 heavy (non-hydrogen) atoms. The minimum atomic E-state index is -3.40. The minimum Gasteiger partial charge on any atom is -0.351 e. The zero-order valence-corrected chi connectivity index (χ0v) is 15.2. The van der Waals surface area contributed by atoms with E-state index in [9.17, 15) is 21.6 Å². The van der Waals surface area contributed by atoms with E-state index in [2.05, 4.69) is 10.0 Å². The molecule has 2 heterocycles. The fraction of sp³-hybridized carbons (Fsp3) is 0.400. The maximum Gasteiger partial charge on any atom is 0.240 e. The van der Waals surface area contributed by atoms with Crippen LogP contribution in [-0.4, -0.2) is 51.1 Å². The highest BCUT2D eigenvalue weighted by Gasteiger charge is 2.28. The second kappa shape index (κ2) is 6.34. The number of sulfone groups is 1. The third kappa shape index (κ3) is 4.31. The Morgan fingerprint density at radius 3 is 2.72 bits per heavy atom. The highest BCUT2D eigenvalue weighted by atomic mass is 32.2. The van der Waals surface area contributed by atoms with E-state index < -0.39 is 19.9 Å². The zero-order valence-electron chi connectivity index (χ0n) is 13.6. The van der Waals surface area contributed by atoms with Gasteiger partial charge >= 0.3 is 0 Å². The predicted molar refractivity (Wildman–Crippen MR) is 95.6 cm³/mol. The van der Waals surface area contributed by atoms with Gasteiger partial charge in [0, 0.05) is 17.6 Å². The summed E-state index contributed by atoms with van der Waals surface area (Å²) in [6.07, 6.45) is 3.21. The average Bonchev–Trinajstić information content (AvgIpc) is 3.02. The number of fused-ring (bicyclic) bond motifs is 1. The molecule has 0 radical (unpaired) electrons. The van der Waals surface area contributed by atoms with Crippen LogP contribution in [0.15, 0.2) is 30.5 Å². The number of hydrogen-bond acceptors (Lipinski definition) is 5. The van der Waals surface area contributed by atoms with Gasteiger partial charge in [-0.15, -0.1) is 0 Å². The summed E-state index contributed by atoms with van der Waals surface area (Å²) >= 11 is 0. The van der Waals surface area contributed by atoms with Crippen LogP contribution in [0.5, 0.6) is 0 Å². The molecular weight excluding hydrogens is 366 g/mol. The van der Waals surface area contributed by atoms with E-state index in [1.54, 1.807) is 35.0 Å². The molecule has 10 heteroatoms. The SMILES string of the molecule is CS(=O)(=O)Nc1cccc2c1ccn2CC(=O)N[C@H]1CCS(=O)(=O)C1. The van der Waals surface area contributed by atoms with Crippen LogP contribution in [0.2, 0.25) is 0 Å². The zero-order chi connectivity index (χ0) is 18.2. The third-order valence-electron chi connectivity index (χ3n) is 4.02. The summed E-state index contributed by atoms with van der Waals surface area (Å²) in [4.78, 5) is 12.2. The number of sulfonamides is 1. The van der Waals surface area contributed by atoms with Crippen molar-refractivity contribution in [2.75, 3.05) is 22.5 Å². The van der Waals surface area contributed by atoms with Crippen molar-refractivity contribution in [3.8, 4) is 0 Å². The molecule has 1 fully saturated rings. The molecule has 1 aliphatic rings. The topological polar surface area (TPSA) is 114 Å². The molecule has 1 amide bonds. The lowest BCUT2D eigenvalue weighted by atomic mass is 10.2. The van der Waals surface area contributed by atoms with Crippen LogP contribution in [0, 0.1) is 0 Å². The second-order valence-electron chi connectivity index (χ2n) is 6.22. The molecule has 2 aromatic rings. The van der Waals surface area contributed by atoms with Crippen LogP contribution in [0.4, 0.5) is 5.69 Å². The lowest BCUT2D eigenvalue weighted by molar-refractivity contribution is -0.122. The Morgan fingerprint density at radius 1 is 1.32 bits per heavy atom. The number of carbonyl (C=O) groups excluding carboxylic acids is 1. The summed E-state index contributed by atoms with van der Waals surface area (Å²) in [5.74, 6) is -0.195. The van der Waals surface area contributed by atoms with Gasteiger partial charge in [0.25, 0.3) is 0 Å². The van der Waals surface area contributed by atoms with Gasteiger partial charge in [-0.05, 0) is 24.6 Å². The molecule has 0 unspecified atom stereocenters. The van der Waals surface area contributed by atoms with Crippen LogP contribution in [0.3, 0.4) is 0 Å². The molecule has 0 bridgehead atoms. The largest absolute Gasteiger partial charge is 0.351 e. The van der Waals surface area contributed by atoms with Gasteiger partial charge in [-0.25, -0.2) is 16.8 Å². The van der Waals surface area contributed by atoms with Gasteiger partial charge in [0.2, 0.25) is 15.9 Å². The number of amides is 1. The fourth-order valence-electron chi connectivity index (χ4n) is 2.99. The number of carbonyl (C=O) groups is 1. The summed E-state index contributed by atoms with van der Waals surface area (Å²) in [5.41, 5.74) is 1.16. The Bertz CT molecular complexity index is 1020. The first-order valence-corrected chi connectivity index (χ1v) is 11.4. The summed E-state index contributed by atoms with van der Waals surface area (Å²) in [7, 11) is -6.45. The molecule has 1 aromatic carbocycles. The first-order valence-electron chi connectivity index (χ1n) is 7.68. The van der Waals surface area contributed by atoms with Gasteiger partial charge in [0.1, 0.15) is 6.54 Å². The van der Waals surface area contributed by atoms with Crippen LogP contribution in [0.25, 0.3) is 10.9 Å². The average molecular weight is 385 g/mol. The normalized spacial score (nSPS) is 19.8. The van der Waals surface area contributed by atoms with E-state index in [-0.39, 0.29) is 30.0 Å². The monoisotopic (exact) mass is 385 g/mol. The van der Waals surface area contributed by atoms with Crippen LogP contribution < -0.4 is 10.0 Å². The molecule has 2 N–H and O–H groups in total. The van der Waals surface area contributed by atoms with Crippen molar-refractivity contribution in [3.63, 3.8) is 0 Å². The molecule has 1 aromatic heterocycles. The Balaban J connectivity index is 1.76. The summed E-state index contributed by atoms with van der Waals surface area (Å²) < 4.78 is 49.9. The van der Waals surface area contributed by atoms with Gasteiger partial charge in [0.15, 0.2) is 9.84 Å². The lowest BCUT2D eigenvalue weighted by Gasteiger charge is -2.12. The van der Waals surface area contributed by atoms with Crippen LogP contribution in [-0.2, 0) is 31.2 Å². The molecule has 8 nitrogen and oxygen atoms in total. The number of aromatic nitrogens is 1. The number of anilines is 1. The molecule has 0 spiro atoms. The number of rotatable bonds is 5. The van der Waals surface area contributed by atoms with Crippen molar-refractivity contribution >= 4 is 42.4 Å². The summed E-state index contributed by atoms with van der Waals surface area (Å²) in [6, 6.07) is 6.53. The van der Waals surface area contributed by atoms with Crippen molar-refractivity contribution in [2.45, 2.75) is 19.0 Å². The lowest BCUT2D eigenvalue weighted by Crippen LogP contribution is -2.37. The van der Waals surface area contributed by atoms with Crippen molar-refractivity contribution in [1.29, 1.82) is 0 Å². The predicted octanol–water partition coefficient (Wildman–Crippen LogP) is 0.316. The molecule has 0 aliphatic carbocycles. The van der Waals surface area contributed by atoms with E-state index in [1.807, 2.05) is 0 Å². The minimum absolute atomic E-state index is 0.0202. The van der Waals surface area contributed by atoms with E-state index in [0.29, 0.717) is 23.0 Å².